The van der Waals surface area contributed by atoms with E-state index in [1.54, 1.807) is 0 Å². The zero-order valence-electron chi connectivity index (χ0n) is 15.6. The van der Waals surface area contributed by atoms with Gasteiger partial charge in [0.2, 0.25) is 10.0 Å². The van der Waals surface area contributed by atoms with Crippen molar-refractivity contribution in [2.24, 2.45) is 0 Å². The van der Waals surface area contributed by atoms with Gasteiger partial charge in [-0.2, -0.15) is 4.31 Å². The van der Waals surface area contributed by atoms with Crippen LogP contribution in [0, 0.1) is 0 Å². The summed E-state index contributed by atoms with van der Waals surface area (Å²) in [7, 11) is -3.50. The summed E-state index contributed by atoms with van der Waals surface area (Å²) in [6, 6.07) is 5.92. The predicted octanol–water partition coefficient (Wildman–Crippen LogP) is 1.15. The molecule has 0 saturated carbocycles. The summed E-state index contributed by atoms with van der Waals surface area (Å²) in [6.45, 7) is 2.45. The third kappa shape index (κ3) is 5.40. The number of hydrogen-bond acceptors (Lipinski definition) is 5. The molecule has 2 heterocycles. The highest BCUT2D eigenvalue weighted by Crippen LogP contribution is 2.20. The molecule has 154 valence electrons. The number of nitrogens with one attached hydrogen (secondary N) is 3. The van der Waals surface area contributed by atoms with Crippen molar-refractivity contribution in [2.75, 3.05) is 26.2 Å². The van der Waals surface area contributed by atoms with E-state index in [0.29, 0.717) is 30.3 Å². The van der Waals surface area contributed by atoms with Crippen LogP contribution >= 0.6 is 12.2 Å². The lowest BCUT2D eigenvalue weighted by Crippen LogP contribution is -2.48. The van der Waals surface area contributed by atoms with E-state index in [1.807, 2.05) is 0 Å². The number of thiocarbonyl (C=S) groups is 1. The lowest BCUT2D eigenvalue weighted by molar-refractivity contribution is 0.0943. The zero-order valence-corrected chi connectivity index (χ0v) is 17.3. The largest absolute Gasteiger partial charge is 0.376 e. The number of piperidine rings is 1. The van der Waals surface area contributed by atoms with Gasteiger partial charge < -0.3 is 10.1 Å². The number of ether oxygens (including phenoxy) is 1. The minimum absolute atomic E-state index is 0.143. The summed E-state index contributed by atoms with van der Waals surface area (Å²) >= 11 is 5.12. The molecule has 8 nitrogen and oxygen atoms in total. The molecular formula is C18H26N4O4S2. The fraction of sp³-hybridized carbons (Fsp3) is 0.556. The summed E-state index contributed by atoms with van der Waals surface area (Å²) in [6.07, 6.45) is 5.01. The van der Waals surface area contributed by atoms with Gasteiger partial charge in [0, 0.05) is 31.8 Å². The first-order chi connectivity index (χ1) is 13.5. The molecule has 28 heavy (non-hydrogen) atoms. The first kappa shape index (κ1) is 21.0. The highest BCUT2D eigenvalue weighted by molar-refractivity contribution is 7.89. The molecule has 3 N–H and O–H groups in total. The van der Waals surface area contributed by atoms with Gasteiger partial charge in [-0.15, -0.1) is 0 Å². The summed E-state index contributed by atoms with van der Waals surface area (Å²) in [5.74, 6) is -0.400. The molecule has 1 atom stereocenters. The van der Waals surface area contributed by atoms with Crippen molar-refractivity contribution in [3.63, 3.8) is 0 Å². The number of hydrazine groups is 1. The summed E-state index contributed by atoms with van der Waals surface area (Å²) in [4.78, 5) is 12.4. The van der Waals surface area contributed by atoms with Crippen molar-refractivity contribution in [1.82, 2.24) is 20.5 Å². The van der Waals surface area contributed by atoms with E-state index in [9.17, 15) is 13.2 Å². The molecule has 0 aromatic heterocycles. The predicted molar refractivity (Wildman–Crippen MR) is 109 cm³/mol. The van der Waals surface area contributed by atoms with Crippen molar-refractivity contribution >= 4 is 33.3 Å². The van der Waals surface area contributed by atoms with Gasteiger partial charge in [0.05, 0.1) is 11.0 Å². The first-order valence-electron chi connectivity index (χ1n) is 9.53. The Morgan fingerprint density at radius 2 is 1.82 bits per heavy atom. The van der Waals surface area contributed by atoms with E-state index in [0.717, 1.165) is 38.7 Å². The van der Waals surface area contributed by atoms with Gasteiger partial charge in [-0.1, -0.05) is 6.42 Å². The number of hydrogen-bond donors (Lipinski definition) is 3. The topological polar surface area (TPSA) is 99.8 Å². The summed E-state index contributed by atoms with van der Waals surface area (Å²) < 4.78 is 32.3. The Balaban J connectivity index is 1.49. The fourth-order valence-electron chi connectivity index (χ4n) is 3.27. The molecular weight excluding hydrogens is 400 g/mol. The minimum Gasteiger partial charge on any atom is -0.376 e. The van der Waals surface area contributed by atoms with Gasteiger partial charge >= 0.3 is 0 Å². The highest BCUT2D eigenvalue weighted by Gasteiger charge is 2.26. The van der Waals surface area contributed by atoms with Crippen LogP contribution in [0.5, 0.6) is 0 Å². The van der Waals surface area contributed by atoms with Crippen LogP contribution in [0.3, 0.4) is 0 Å². The number of nitrogens with zero attached hydrogens (tertiary/aromatic N) is 1. The molecule has 0 aliphatic carbocycles. The van der Waals surface area contributed by atoms with E-state index in [-0.39, 0.29) is 11.0 Å². The molecule has 1 unspecified atom stereocenters. The number of amides is 1. The van der Waals surface area contributed by atoms with Crippen LogP contribution in [0.4, 0.5) is 0 Å². The van der Waals surface area contributed by atoms with E-state index in [2.05, 4.69) is 16.2 Å². The fourth-order valence-corrected chi connectivity index (χ4v) is 4.93. The Labute approximate surface area is 171 Å². The Morgan fingerprint density at radius 3 is 2.46 bits per heavy atom. The maximum absolute atomic E-state index is 12.6. The molecule has 2 saturated heterocycles. The molecule has 1 aromatic rings. The molecule has 2 fully saturated rings. The Bertz CT molecular complexity index is 786. The standard InChI is InChI=1S/C18H26N4O4S2/c23-17(20-21-18(27)19-13-15-5-4-12-26-15)14-6-8-16(9-7-14)28(24,25)22-10-2-1-3-11-22/h6-9,15H,1-5,10-13H2,(H,20,23)(H2,19,21,27). The first-order valence-corrected chi connectivity index (χ1v) is 11.4. The maximum atomic E-state index is 12.6. The van der Waals surface area contributed by atoms with Crippen molar-refractivity contribution in [3.05, 3.63) is 29.8 Å². The van der Waals surface area contributed by atoms with Gasteiger partial charge in [0.1, 0.15) is 0 Å². The van der Waals surface area contributed by atoms with Crippen molar-refractivity contribution in [1.29, 1.82) is 0 Å². The lowest BCUT2D eigenvalue weighted by Gasteiger charge is -2.25. The minimum atomic E-state index is -3.50. The lowest BCUT2D eigenvalue weighted by atomic mass is 10.2. The Morgan fingerprint density at radius 1 is 1.11 bits per heavy atom. The van der Waals surface area contributed by atoms with Crippen LogP contribution in [0.15, 0.2) is 29.2 Å². The monoisotopic (exact) mass is 426 g/mol. The molecule has 2 aliphatic heterocycles. The van der Waals surface area contributed by atoms with E-state index < -0.39 is 15.9 Å². The molecule has 1 aromatic carbocycles. The van der Waals surface area contributed by atoms with Crippen LogP contribution in [-0.2, 0) is 14.8 Å². The molecule has 0 bridgehead atoms. The van der Waals surface area contributed by atoms with Crippen LogP contribution in [0.2, 0.25) is 0 Å². The van der Waals surface area contributed by atoms with Crippen molar-refractivity contribution in [3.8, 4) is 0 Å². The number of rotatable bonds is 5. The SMILES string of the molecule is O=C(NNC(=S)NCC1CCCO1)c1ccc(S(=O)(=O)N2CCCCC2)cc1. The van der Waals surface area contributed by atoms with Gasteiger partial charge in [0.15, 0.2) is 5.11 Å². The van der Waals surface area contributed by atoms with Crippen LogP contribution in [-0.4, -0.2) is 56.1 Å². The van der Waals surface area contributed by atoms with Crippen molar-refractivity contribution in [2.45, 2.75) is 43.1 Å². The Kier molecular flexibility index (Phi) is 7.22. The number of benzene rings is 1. The quantitative estimate of drug-likeness (QED) is 0.480. The molecule has 0 spiro atoms. The van der Waals surface area contributed by atoms with E-state index in [4.69, 9.17) is 17.0 Å². The molecule has 1 amide bonds. The van der Waals surface area contributed by atoms with Gasteiger partial charge in [-0.25, -0.2) is 8.42 Å². The van der Waals surface area contributed by atoms with Gasteiger partial charge in [-0.05, 0) is 62.2 Å². The molecule has 2 aliphatic rings. The summed E-state index contributed by atoms with van der Waals surface area (Å²) in [5, 5.41) is 3.29. The van der Waals surface area contributed by atoms with Crippen LogP contribution in [0.25, 0.3) is 0 Å². The van der Waals surface area contributed by atoms with Crippen molar-refractivity contribution < 1.29 is 17.9 Å². The van der Waals surface area contributed by atoms with Gasteiger partial charge in [0.25, 0.3) is 5.91 Å². The average molecular weight is 427 g/mol. The third-order valence-electron chi connectivity index (χ3n) is 4.87. The van der Waals surface area contributed by atoms with E-state index in [1.165, 1.54) is 28.6 Å². The second-order valence-electron chi connectivity index (χ2n) is 6.91. The molecule has 0 radical (unpaired) electrons. The smallest absolute Gasteiger partial charge is 0.269 e. The Hall–Kier alpha value is -1.75. The third-order valence-corrected chi connectivity index (χ3v) is 7.03. The zero-order chi connectivity index (χ0) is 20.0. The average Bonchev–Trinajstić information content (AvgIpc) is 3.25. The van der Waals surface area contributed by atoms with E-state index >= 15 is 0 Å². The van der Waals surface area contributed by atoms with Crippen LogP contribution < -0.4 is 16.2 Å². The van der Waals surface area contributed by atoms with Gasteiger partial charge in [-0.3, -0.25) is 15.6 Å². The molecule has 3 rings (SSSR count). The second-order valence-corrected chi connectivity index (χ2v) is 9.26. The number of carbonyl (C=O) groups is 1. The second kappa shape index (κ2) is 9.64. The summed E-state index contributed by atoms with van der Waals surface area (Å²) in [5.41, 5.74) is 5.48. The normalized spacial score (nSPS) is 20.5. The molecule has 10 heteroatoms. The number of sulfonamides is 1. The number of carbonyl (C=O) groups excluding carboxylic acids is 1. The maximum Gasteiger partial charge on any atom is 0.269 e. The van der Waals surface area contributed by atoms with Crippen LogP contribution in [0.1, 0.15) is 42.5 Å². The highest BCUT2D eigenvalue weighted by atomic mass is 32.2.